The van der Waals surface area contributed by atoms with Crippen LogP contribution in [0, 0.1) is 31.0 Å². The maximum absolute atomic E-state index is 16.8. The first-order chi connectivity index (χ1) is 21.0. The predicted molar refractivity (Wildman–Crippen MR) is 170 cm³/mol. The van der Waals surface area contributed by atoms with E-state index in [-0.39, 0.29) is 46.3 Å². The Bertz CT molecular complexity index is 1860. The second-order valence-electron chi connectivity index (χ2n) is 12.1. The summed E-state index contributed by atoms with van der Waals surface area (Å²) in [6.45, 7) is 9.29. The molecule has 0 saturated carbocycles. The second kappa shape index (κ2) is 11.4. The van der Waals surface area contributed by atoms with Crippen molar-refractivity contribution in [3.05, 3.63) is 59.1 Å². The number of halogens is 2. The lowest BCUT2D eigenvalue weighted by Crippen LogP contribution is -2.57. The molecule has 0 aliphatic carbocycles. The summed E-state index contributed by atoms with van der Waals surface area (Å²) in [7, 11) is 4.07. The highest BCUT2D eigenvalue weighted by Gasteiger charge is 2.35. The summed E-state index contributed by atoms with van der Waals surface area (Å²) in [5.41, 5.74) is 3.90. The summed E-state index contributed by atoms with van der Waals surface area (Å²) >= 11 is 6.87. The van der Waals surface area contributed by atoms with Gasteiger partial charge in [0, 0.05) is 48.7 Å². The van der Waals surface area contributed by atoms with Gasteiger partial charge in [0.05, 0.1) is 29.4 Å². The van der Waals surface area contributed by atoms with E-state index in [1.54, 1.807) is 23.4 Å². The smallest absolute Gasteiger partial charge is 0.246 e. The number of phenolic OH excluding ortho intramolecular Hbond substituents is 1. The Morgan fingerprint density at radius 1 is 1.27 bits per heavy atom. The second-order valence-corrected chi connectivity index (χ2v) is 12.5. The number of nitrogens with zero attached hydrogens (tertiary/aromatic N) is 7. The number of carbonyl (C=O) groups excluding carboxylic acids is 1. The van der Waals surface area contributed by atoms with Crippen LogP contribution in [0.25, 0.3) is 33.1 Å². The molecule has 0 radical (unpaired) electrons. The number of hydrogen-bond acceptors (Lipinski definition) is 7. The lowest BCUT2D eigenvalue weighted by Gasteiger charge is -2.43. The average Bonchev–Trinajstić information content (AvgIpc) is 3.40. The van der Waals surface area contributed by atoms with E-state index in [0.29, 0.717) is 47.7 Å². The summed E-state index contributed by atoms with van der Waals surface area (Å²) in [5.74, 6) is -0.115. The van der Waals surface area contributed by atoms with Gasteiger partial charge in [-0.05, 0) is 81.7 Å². The first-order valence-corrected chi connectivity index (χ1v) is 15.1. The van der Waals surface area contributed by atoms with Crippen LogP contribution in [0.1, 0.15) is 36.4 Å². The zero-order chi connectivity index (χ0) is 31.4. The number of nitriles is 1. The van der Waals surface area contributed by atoms with E-state index in [2.05, 4.69) is 22.4 Å². The molecule has 4 aromatic rings. The van der Waals surface area contributed by atoms with Crippen molar-refractivity contribution in [3.8, 4) is 22.9 Å². The van der Waals surface area contributed by atoms with Crippen molar-refractivity contribution in [1.29, 1.82) is 5.26 Å². The number of aromatic hydroxyl groups is 1. The molecule has 2 aromatic heterocycles. The van der Waals surface area contributed by atoms with Crippen molar-refractivity contribution >= 4 is 45.3 Å². The number of pyridine rings is 1. The summed E-state index contributed by atoms with van der Waals surface area (Å²) in [6, 6.07) is 7.11. The molecule has 0 spiro atoms. The van der Waals surface area contributed by atoms with Crippen LogP contribution in [0.4, 0.5) is 10.2 Å². The Morgan fingerprint density at radius 2 is 2.02 bits per heavy atom. The monoisotopic (exact) mass is 615 g/mol. The number of anilines is 1. The van der Waals surface area contributed by atoms with Gasteiger partial charge in [-0.1, -0.05) is 18.2 Å². The molecule has 2 fully saturated rings. The van der Waals surface area contributed by atoms with Crippen molar-refractivity contribution in [1.82, 2.24) is 24.3 Å². The minimum Gasteiger partial charge on any atom is -0.508 e. The highest BCUT2D eigenvalue weighted by molar-refractivity contribution is 6.35. The molecule has 2 aromatic carbocycles. The largest absolute Gasteiger partial charge is 0.508 e. The van der Waals surface area contributed by atoms with E-state index < -0.39 is 5.82 Å². The number of aryl methyl sites for hydroxylation is 1. The fourth-order valence-electron chi connectivity index (χ4n) is 6.64. The van der Waals surface area contributed by atoms with Crippen LogP contribution >= 0.6 is 11.6 Å². The van der Waals surface area contributed by atoms with Gasteiger partial charge in [-0.15, -0.1) is 0 Å². The number of phenols is 1. The van der Waals surface area contributed by atoms with E-state index in [4.69, 9.17) is 21.6 Å². The number of fused-ring (bicyclic) bond motifs is 3. The quantitative estimate of drug-likeness (QED) is 0.276. The van der Waals surface area contributed by atoms with Gasteiger partial charge in [0.15, 0.2) is 11.6 Å². The molecule has 2 aliphatic rings. The zero-order valence-electron chi connectivity index (χ0n) is 25.3. The molecule has 2 saturated heterocycles. The van der Waals surface area contributed by atoms with Crippen LogP contribution in [0.5, 0.6) is 5.75 Å². The van der Waals surface area contributed by atoms with Gasteiger partial charge in [0.1, 0.15) is 16.8 Å². The number of piperidine rings is 1. The van der Waals surface area contributed by atoms with Crippen LogP contribution in [0.15, 0.2) is 37.2 Å². The molecule has 0 bridgehead atoms. The van der Waals surface area contributed by atoms with E-state index >= 15 is 4.39 Å². The fourth-order valence-corrected chi connectivity index (χ4v) is 6.93. The van der Waals surface area contributed by atoms with Gasteiger partial charge in [0.2, 0.25) is 5.91 Å². The number of carbonyl (C=O) groups is 1. The molecule has 6 rings (SSSR count). The van der Waals surface area contributed by atoms with Crippen LogP contribution in [0.2, 0.25) is 5.02 Å². The van der Waals surface area contributed by atoms with E-state index in [1.165, 1.54) is 12.1 Å². The van der Waals surface area contributed by atoms with Crippen LogP contribution in [-0.4, -0.2) is 81.2 Å². The number of likely N-dealkylation sites (tertiary alicyclic amines) is 1. The van der Waals surface area contributed by atoms with E-state index in [1.807, 2.05) is 32.5 Å². The number of likely N-dealkylation sites (N-methyl/N-ethyl adjacent to an activating group) is 1. The molecule has 1 amide bonds. The molecule has 44 heavy (non-hydrogen) atoms. The Morgan fingerprint density at radius 3 is 2.70 bits per heavy atom. The highest BCUT2D eigenvalue weighted by Crippen LogP contribution is 2.44. The minimum absolute atomic E-state index is 0.0318. The Hall–Kier alpha value is -4.20. The first kappa shape index (κ1) is 29.9. The molecule has 2 atom stereocenters. The Labute approximate surface area is 260 Å². The van der Waals surface area contributed by atoms with Gasteiger partial charge in [-0.25, -0.2) is 14.4 Å². The van der Waals surface area contributed by atoms with Crippen LogP contribution in [0.3, 0.4) is 0 Å². The molecule has 2 aliphatic heterocycles. The maximum atomic E-state index is 16.8. The SMILES string of the molecule is C=CC(=O)N1CC[C@H](n2cnc3c(N4CC(N(C)C)C4)nc4c(F)c(-c5cc(O)cc(C)c5C)c(Cl)cc4c32)C[C@H]1CC#N. The number of amides is 1. The van der Waals surface area contributed by atoms with Crippen molar-refractivity contribution in [2.24, 2.45) is 0 Å². The normalized spacial score (nSPS) is 19.0. The van der Waals surface area contributed by atoms with Crippen molar-refractivity contribution < 1.29 is 14.3 Å². The number of aromatic nitrogens is 3. The van der Waals surface area contributed by atoms with Gasteiger partial charge in [0.25, 0.3) is 0 Å². The number of imidazole rings is 1. The Balaban J connectivity index is 1.56. The fraction of sp³-hybridized carbons (Fsp3) is 0.394. The topological polar surface area (TPSA) is 102 Å². The number of hydrogen-bond donors (Lipinski definition) is 1. The first-order valence-electron chi connectivity index (χ1n) is 14.7. The Kier molecular flexibility index (Phi) is 7.72. The summed E-state index contributed by atoms with van der Waals surface area (Å²) in [5, 5.41) is 20.6. The predicted octanol–water partition coefficient (Wildman–Crippen LogP) is 5.75. The summed E-state index contributed by atoms with van der Waals surface area (Å²) < 4.78 is 18.9. The summed E-state index contributed by atoms with van der Waals surface area (Å²) in [4.78, 5) is 28.2. The zero-order valence-corrected chi connectivity index (χ0v) is 26.1. The van der Waals surface area contributed by atoms with E-state index in [0.717, 1.165) is 29.7 Å². The standard InChI is InChI=1S/C33H35ClFN7O2/c1-6-27(44)41-10-8-21(12-20(41)7-9-36)42-17-37-31-32(42)25-14-26(34)28(24-13-23(43)11-18(2)19(24)3)29(35)30(25)38-33(31)40-15-22(16-40)39(4)5/h6,11,13-14,17,20-22,43H,1,7-8,10,12,15-16H2,2-5H3/t20-,21+/m1/s1. The maximum Gasteiger partial charge on any atom is 0.246 e. The molecule has 4 heterocycles. The lowest BCUT2D eigenvalue weighted by atomic mass is 9.93. The number of benzene rings is 2. The third kappa shape index (κ3) is 4.84. The van der Waals surface area contributed by atoms with Crippen LogP contribution in [-0.2, 0) is 4.79 Å². The third-order valence-corrected chi connectivity index (χ3v) is 9.65. The van der Waals surface area contributed by atoms with Crippen molar-refractivity contribution in [3.63, 3.8) is 0 Å². The van der Waals surface area contributed by atoms with E-state index in [9.17, 15) is 15.2 Å². The highest BCUT2D eigenvalue weighted by atomic mass is 35.5. The molecule has 9 nitrogen and oxygen atoms in total. The van der Waals surface area contributed by atoms with Crippen LogP contribution < -0.4 is 4.90 Å². The third-order valence-electron chi connectivity index (χ3n) is 9.35. The lowest BCUT2D eigenvalue weighted by molar-refractivity contribution is -0.130. The molecule has 11 heteroatoms. The van der Waals surface area contributed by atoms with Crippen molar-refractivity contribution in [2.45, 2.75) is 51.2 Å². The van der Waals surface area contributed by atoms with Gasteiger partial charge < -0.3 is 24.4 Å². The molecule has 1 N–H and O–H groups in total. The molecular weight excluding hydrogens is 581 g/mol. The molecular formula is C33H35ClFN7O2. The average molecular weight is 616 g/mol. The van der Waals surface area contributed by atoms with Crippen molar-refractivity contribution in [2.75, 3.05) is 38.6 Å². The molecule has 228 valence electrons. The number of rotatable bonds is 6. The van der Waals surface area contributed by atoms with Gasteiger partial charge >= 0.3 is 0 Å². The minimum atomic E-state index is -0.560. The van der Waals surface area contributed by atoms with Gasteiger partial charge in [-0.2, -0.15) is 5.26 Å². The van der Waals surface area contributed by atoms with Gasteiger partial charge in [-0.3, -0.25) is 4.79 Å². The molecule has 0 unspecified atom stereocenters. The summed E-state index contributed by atoms with van der Waals surface area (Å²) in [6.07, 6.45) is 4.42.